The summed E-state index contributed by atoms with van der Waals surface area (Å²) in [5.41, 5.74) is 27.1. The number of halogens is 3. The van der Waals surface area contributed by atoms with Gasteiger partial charge >= 0.3 is 6.18 Å². The number of benzene rings is 9. The van der Waals surface area contributed by atoms with Crippen molar-refractivity contribution in [3.63, 3.8) is 0 Å². The van der Waals surface area contributed by atoms with Gasteiger partial charge in [-0.3, -0.25) is 9.78 Å². The van der Waals surface area contributed by atoms with E-state index in [1.165, 1.54) is 111 Å². The monoisotopic (exact) mass is 1390 g/mol. The molecule has 0 amide bonds. The number of nitrogens with zero attached hydrogens (tertiary/aromatic N) is 4. The maximum atomic E-state index is 12.5. The number of carbonyl (C=O) groups excluding carboxylic acids is 1. The Labute approximate surface area is 542 Å². The summed E-state index contributed by atoms with van der Waals surface area (Å²) >= 11 is 1.28. The topological polar surface area (TPSA) is 80.9 Å². The number of aliphatic hydroxyl groups excluding tert-OH is 1. The first-order chi connectivity index (χ1) is 42.9. The number of hydrogen-bond acceptors (Lipinski definition) is 6. The summed E-state index contributed by atoms with van der Waals surface area (Å²) in [5, 5.41) is 12.7. The van der Waals surface area contributed by atoms with Gasteiger partial charge in [-0.2, -0.15) is 21.9 Å². The number of aliphatic hydroxyl groups is 1. The first-order valence-electron chi connectivity index (χ1n) is 31.1. The van der Waals surface area contributed by atoms with Gasteiger partial charge in [-0.05, 0) is 153 Å². The Morgan fingerprint density at radius 2 is 1.03 bits per heavy atom. The van der Waals surface area contributed by atoms with Gasteiger partial charge in [-0.25, -0.2) is 0 Å². The van der Waals surface area contributed by atoms with Crippen molar-refractivity contribution in [2.45, 2.75) is 123 Å². The second-order valence-corrected chi connectivity index (χ2v) is 25.9. The van der Waals surface area contributed by atoms with E-state index in [1.54, 1.807) is 0 Å². The maximum Gasteiger partial charge on any atom is 0.448 e. The van der Waals surface area contributed by atoms with Gasteiger partial charge in [0.25, 0.3) is 0 Å². The average molecular weight is 1390 g/mol. The predicted molar refractivity (Wildman–Crippen MR) is 361 cm³/mol. The van der Waals surface area contributed by atoms with Gasteiger partial charge in [0, 0.05) is 82.9 Å². The fourth-order valence-electron chi connectivity index (χ4n) is 13.8. The Bertz CT molecular complexity index is 4750. The van der Waals surface area contributed by atoms with E-state index in [-0.39, 0.29) is 37.4 Å². The number of alkyl halides is 3. The molecule has 0 saturated heterocycles. The molecule has 0 saturated carbocycles. The number of rotatable bonds is 16. The van der Waals surface area contributed by atoms with Crippen molar-refractivity contribution in [1.29, 1.82) is 0 Å². The molecule has 2 aliphatic rings. The number of para-hydroxylation sites is 1. The Morgan fingerprint density at radius 1 is 0.544 bits per heavy atom. The Morgan fingerprint density at radius 3 is 1.66 bits per heavy atom. The predicted octanol–water partition coefficient (Wildman–Crippen LogP) is 21.8. The molecule has 11 heteroatoms. The molecule has 3 heterocycles. The minimum atomic E-state index is -4.88. The smallest absolute Gasteiger partial charge is 0.448 e. The van der Waals surface area contributed by atoms with E-state index in [4.69, 9.17) is 13.9 Å². The summed E-state index contributed by atoms with van der Waals surface area (Å²) in [7, 11) is 0. The molecular formula is C79H70F3IrN4O2S-. The molecule has 1 N–H and O–H groups in total. The molecule has 14 rings (SSSR count). The van der Waals surface area contributed by atoms with Gasteiger partial charge in [0.15, 0.2) is 5.78 Å². The van der Waals surface area contributed by atoms with Crippen LogP contribution in [0.15, 0.2) is 194 Å². The minimum Gasteiger partial charge on any atom is -0.504 e. The number of ketones is 1. The summed E-state index contributed by atoms with van der Waals surface area (Å²) in [6.45, 7) is 14.6. The molecule has 3 aromatic heterocycles. The molecule has 90 heavy (non-hydrogen) atoms. The molecule has 0 atom stereocenters. The van der Waals surface area contributed by atoms with Crippen LogP contribution < -0.4 is 0 Å². The number of allylic oxidation sites excluding steroid dienone is 2. The van der Waals surface area contributed by atoms with E-state index in [1.807, 2.05) is 48.5 Å². The number of aryl methyl sites for hydroxylation is 3. The zero-order chi connectivity index (χ0) is 61.8. The van der Waals surface area contributed by atoms with Crippen molar-refractivity contribution in [2.75, 3.05) is 0 Å². The van der Waals surface area contributed by atoms with Gasteiger partial charge in [0.2, 0.25) is 5.76 Å². The molecule has 0 spiro atoms. The molecule has 2 aliphatic carbocycles. The van der Waals surface area contributed by atoms with E-state index in [9.17, 15) is 18.0 Å². The van der Waals surface area contributed by atoms with Crippen LogP contribution in [0.1, 0.15) is 119 Å². The molecule has 12 aromatic rings. The third-order valence-corrected chi connectivity index (χ3v) is 19.2. The molecule has 0 unspecified atom stereocenters. The Balaban J connectivity index is 0.000000398. The zero-order valence-corrected chi connectivity index (χ0v) is 54.7. The Kier molecular flexibility index (Phi) is 17.3. The Hall–Kier alpha value is -8.34. The van der Waals surface area contributed by atoms with E-state index in [0.29, 0.717) is 12.5 Å². The number of carbonyl (C=O) groups is 1. The number of hydrogen-bond donors (Lipinski definition) is 1. The molecule has 6 nitrogen and oxygen atoms in total. The average Bonchev–Trinajstić information content (AvgIpc) is 1.59. The summed E-state index contributed by atoms with van der Waals surface area (Å²) in [5.74, 6) is -2.51. The fourth-order valence-corrected chi connectivity index (χ4v) is 14.4. The third-order valence-electron chi connectivity index (χ3n) is 18.6. The van der Waals surface area contributed by atoms with Gasteiger partial charge in [0.1, 0.15) is 11.0 Å². The van der Waals surface area contributed by atoms with Crippen molar-refractivity contribution >= 4 is 61.3 Å². The quantitative estimate of drug-likeness (QED) is 0.0451. The summed E-state index contributed by atoms with van der Waals surface area (Å²) in [4.78, 5) is 16.4. The van der Waals surface area contributed by atoms with Gasteiger partial charge in [-0.1, -0.05) is 187 Å². The second kappa shape index (κ2) is 25.1. The first kappa shape index (κ1) is 61.9. The summed E-state index contributed by atoms with van der Waals surface area (Å²) in [6.07, 6.45) is 3.04. The maximum absolute atomic E-state index is 12.5. The van der Waals surface area contributed by atoms with Crippen molar-refractivity contribution in [2.24, 2.45) is 0 Å². The van der Waals surface area contributed by atoms with Crippen molar-refractivity contribution < 1.29 is 43.2 Å². The molecule has 1 radical (unpaired) electrons. The van der Waals surface area contributed by atoms with Gasteiger partial charge in [-0.15, -0.1) is 35.9 Å². The molecular weight excluding hydrogens is 1320 g/mol. The molecule has 9 aromatic carbocycles. The fraction of sp³-hybridized carbons (Fsp3) is 0.241. The summed E-state index contributed by atoms with van der Waals surface area (Å²) in [6, 6.07) is 69.3. The van der Waals surface area contributed by atoms with Crippen LogP contribution in [0, 0.1) is 19.9 Å². The van der Waals surface area contributed by atoms with Crippen LogP contribution >= 0.6 is 11.7 Å². The standard InChI is InChI=1S/C64H60F3N3O2S.C15H10N.Ir/c1-38-17-28-57-51(31-38)52-33-40(21-29-58(52)70(57)30-14-12-10-8-7-9-11-13-15-44(71)37-59(72)64(65,66)67)41-18-23-48-50-25-20-43(36-56(50)63(5,6)54(48)34-41)46-27-26-45(60-61(46)69-73-68-60)42-19-24-49-47-22-16-39(2)32-53(47)62(3,4)55(49)35-42;1-2-6-12(7-3-1)15-11-10-13-8-4-5-9-14(13)16-15;/h16-29,31-37,72H,7-15,30H2,1-6H3;1-6,8-11H;/q;-1;. The van der Waals surface area contributed by atoms with Crippen LogP contribution in [0.25, 0.3) is 111 Å². The van der Waals surface area contributed by atoms with Crippen LogP contribution in [0.2, 0.25) is 0 Å². The van der Waals surface area contributed by atoms with Crippen molar-refractivity contribution in [3.8, 4) is 66.9 Å². The SMILES string of the molecule is Cc1ccc2c(c1)C(C)(C)c1cc(-c3ccc(-c4ccc5c(c4)C(C)(C)c4cc(-c6ccc7c(c6)c6cc(C)ccc6n7CCCCCCCCCCC(=O)C=C(O)C(F)(F)F)ccc4-5)c4nsnc34)ccc1-2.[Ir].[c-]1ccccc1-c1ccc2ccccc2n1. The minimum absolute atomic E-state index is 0. The second-order valence-electron chi connectivity index (χ2n) is 25.3. The van der Waals surface area contributed by atoms with E-state index in [2.05, 4.69) is 191 Å². The normalized spacial score (nSPS) is 13.6. The van der Waals surface area contributed by atoms with Crippen LogP contribution in [0.4, 0.5) is 13.2 Å². The number of fused-ring (bicyclic) bond motifs is 11. The number of unbranched alkanes of at least 4 members (excludes halogenated alkanes) is 7. The molecule has 455 valence electrons. The van der Waals surface area contributed by atoms with Gasteiger partial charge in [0.05, 0.1) is 17.2 Å². The van der Waals surface area contributed by atoms with Crippen LogP contribution in [0.5, 0.6) is 0 Å². The summed E-state index contributed by atoms with van der Waals surface area (Å²) < 4.78 is 49.8. The molecule has 0 bridgehead atoms. The van der Waals surface area contributed by atoms with Crippen molar-refractivity contribution in [1.82, 2.24) is 18.3 Å². The van der Waals surface area contributed by atoms with Crippen LogP contribution in [0.3, 0.4) is 0 Å². The number of aromatic nitrogens is 4. The molecule has 0 aliphatic heterocycles. The molecule has 0 fully saturated rings. The largest absolute Gasteiger partial charge is 0.504 e. The van der Waals surface area contributed by atoms with E-state index in [0.717, 1.165) is 96.0 Å². The van der Waals surface area contributed by atoms with Crippen molar-refractivity contribution in [3.05, 3.63) is 233 Å². The van der Waals surface area contributed by atoms with Gasteiger partial charge < -0.3 is 9.67 Å². The third kappa shape index (κ3) is 11.9. The van der Waals surface area contributed by atoms with Crippen LogP contribution in [-0.2, 0) is 42.3 Å². The van der Waals surface area contributed by atoms with E-state index >= 15 is 0 Å². The zero-order valence-electron chi connectivity index (χ0n) is 51.5. The first-order valence-corrected chi connectivity index (χ1v) is 31.8. The van der Waals surface area contributed by atoms with Crippen LogP contribution in [-0.4, -0.2) is 35.4 Å². The van der Waals surface area contributed by atoms with E-state index < -0.39 is 17.7 Å². The number of pyridine rings is 1.